The smallest absolute Gasteiger partial charge is 0.262 e. The molecule has 0 amide bonds. The quantitative estimate of drug-likeness (QED) is 0.636. The summed E-state index contributed by atoms with van der Waals surface area (Å²) in [4.78, 5) is 21.8. The lowest BCUT2D eigenvalue weighted by Gasteiger charge is -2.25. The summed E-state index contributed by atoms with van der Waals surface area (Å²) in [7, 11) is -3.86. The van der Waals surface area contributed by atoms with Gasteiger partial charge >= 0.3 is 0 Å². The Morgan fingerprint density at radius 3 is 2.73 bits per heavy atom. The summed E-state index contributed by atoms with van der Waals surface area (Å²) in [6.45, 7) is 4.03. The minimum Gasteiger partial charge on any atom is -0.395 e. The van der Waals surface area contributed by atoms with Crippen molar-refractivity contribution in [1.82, 2.24) is 23.4 Å². The predicted octanol–water partition coefficient (Wildman–Crippen LogP) is 1.69. The van der Waals surface area contributed by atoms with Gasteiger partial charge in [0.05, 0.1) is 36.4 Å². The highest BCUT2D eigenvalue weighted by Gasteiger charge is 2.40. The van der Waals surface area contributed by atoms with Crippen LogP contribution in [0.4, 0.5) is 0 Å². The number of aromatic nitrogens is 4. The van der Waals surface area contributed by atoms with Crippen LogP contribution in [0.2, 0.25) is 0 Å². The fraction of sp³-hybridized carbons (Fsp3) is 0.450. The van der Waals surface area contributed by atoms with Crippen LogP contribution in [0.1, 0.15) is 44.6 Å². The van der Waals surface area contributed by atoms with E-state index in [0.717, 1.165) is 0 Å². The van der Waals surface area contributed by atoms with Gasteiger partial charge in [0.15, 0.2) is 5.03 Å². The molecule has 1 atom stereocenters. The lowest BCUT2D eigenvalue weighted by atomic mass is 10.2. The fourth-order valence-corrected chi connectivity index (χ4v) is 5.47. The summed E-state index contributed by atoms with van der Waals surface area (Å²) in [5, 5.41) is 9.94. The van der Waals surface area contributed by atoms with E-state index in [1.807, 2.05) is 13.8 Å². The Hall–Kier alpha value is -2.56. The number of benzene rings is 1. The van der Waals surface area contributed by atoms with Gasteiger partial charge < -0.3 is 9.67 Å². The van der Waals surface area contributed by atoms with E-state index in [1.54, 1.807) is 28.8 Å². The van der Waals surface area contributed by atoms with Crippen LogP contribution in [0.5, 0.6) is 0 Å². The predicted molar refractivity (Wildman–Crippen MR) is 112 cm³/mol. The van der Waals surface area contributed by atoms with Crippen molar-refractivity contribution >= 4 is 20.9 Å². The third kappa shape index (κ3) is 3.44. The third-order valence-corrected chi connectivity index (χ3v) is 7.26. The van der Waals surface area contributed by atoms with Crippen LogP contribution in [0.25, 0.3) is 10.9 Å². The van der Waals surface area contributed by atoms with Gasteiger partial charge in [-0.05, 0) is 38.8 Å². The number of hydrogen-bond donors (Lipinski definition) is 1. The van der Waals surface area contributed by atoms with Crippen molar-refractivity contribution in [3.05, 3.63) is 53.0 Å². The first kappa shape index (κ1) is 20.7. The SMILES string of the molecule is CC(C)n1cnc(S(=O)(=O)N2CCCC2c2nc3ccccc3c(=O)n2CCO)c1. The van der Waals surface area contributed by atoms with E-state index in [0.29, 0.717) is 36.1 Å². The van der Waals surface area contributed by atoms with Gasteiger partial charge in [-0.25, -0.2) is 18.4 Å². The van der Waals surface area contributed by atoms with Crippen molar-refractivity contribution < 1.29 is 13.5 Å². The Morgan fingerprint density at radius 1 is 1.27 bits per heavy atom. The Balaban J connectivity index is 1.82. The second-order valence-corrected chi connectivity index (χ2v) is 9.53. The van der Waals surface area contributed by atoms with Crippen LogP contribution < -0.4 is 5.56 Å². The minimum atomic E-state index is -3.86. The maximum Gasteiger partial charge on any atom is 0.262 e. The van der Waals surface area contributed by atoms with Crippen molar-refractivity contribution in [1.29, 1.82) is 0 Å². The Bertz CT molecular complexity index is 1230. The minimum absolute atomic E-state index is 0.0139. The van der Waals surface area contributed by atoms with Crippen molar-refractivity contribution in [2.45, 2.75) is 50.3 Å². The van der Waals surface area contributed by atoms with E-state index in [2.05, 4.69) is 9.97 Å². The molecule has 10 heteroatoms. The summed E-state index contributed by atoms with van der Waals surface area (Å²) in [6.07, 6.45) is 4.24. The number of para-hydroxylation sites is 1. The molecule has 0 bridgehead atoms. The van der Waals surface area contributed by atoms with Gasteiger partial charge in [-0.15, -0.1) is 0 Å². The molecule has 0 spiro atoms. The zero-order valence-corrected chi connectivity index (χ0v) is 17.8. The summed E-state index contributed by atoms with van der Waals surface area (Å²) in [6, 6.07) is 6.46. The molecular weight excluding hydrogens is 406 g/mol. The number of hydrogen-bond acceptors (Lipinski definition) is 6. The molecule has 0 saturated carbocycles. The van der Waals surface area contributed by atoms with E-state index in [-0.39, 0.29) is 29.8 Å². The molecule has 1 saturated heterocycles. The zero-order chi connectivity index (χ0) is 21.5. The molecule has 1 aromatic carbocycles. The molecule has 2 aromatic heterocycles. The standard InChI is InChI=1S/C20H25N5O4S/c1-14(2)23-12-18(21-13-23)30(28,29)25-9-5-8-17(25)19-22-16-7-4-3-6-15(16)20(27)24(19)10-11-26/h3-4,6-7,12-14,17,26H,5,8-11H2,1-2H3. The second kappa shape index (κ2) is 7.93. The second-order valence-electron chi connectivity index (χ2n) is 7.69. The molecule has 1 aliphatic rings. The average Bonchev–Trinajstić information content (AvgIpc) is 3.40. The highest BCUT2D eigenvalue weighted by atomic mass is 32.2. The molecule has 1 N–H and O–H groups in total. The molecular formula is C20H25N5O4S. The summed E-state index contributed by atoms with van der Waals surface area (Å²) in [5.41, 5.74) is 0.234. The monoisotopic (exact) mass is 431 g/mol. The Kier molecular flexibility index (Phi) is 5.48. The number of aliphatic hydroxyl groups excluding tert-OH is 1. The molecule has 1 fully saturated rings. The van der Waals surface area contributed by atoms with Crippen LogP contribution in [0.3, 0.4) is 0 Å². The van der Waals surface area contributed by atoms with Crippen LogP contribution in [0.15, 0.2) is 46.6 Å². The van der Waals surface area contributed by atoms with Crippen molar-refractivity contribution in [3.63, 3.8) is 0 Å². The number of rotatable bonds is 6. The molecule has 30 heavy (non-hydrogen) atoms. The summed E-state index contributed by atoms with van der Waals surface area (Å²) in [5.74, 6) is 0.358. The van der Waals surface area contributed by atoms with Gasteiger partial charge in [0.2, 0.25) is 0 Å². The number of sulfonamides is 1. The molecule has 1 unspecified atom stereocenters. The topological polar surface area (TPSA) is 110 Å². The van der Waals surface area contributed by atoms with Crippen LogP contribution in [0, 0.1) is 0 Å². The number of imidazole rings is 1. The Morgan fingerprint density at radius 2 is 2.03 bits per heavy atom. The van der Waals surface area contributed by atoms with Crippen LogP contribution in [-0.2, 0) is 16.6 Å². The molecule has 160 valence electrons. The summed E-state index contributed by atoms with van der Waals surface area (Å²) < 4.78 is 31.2. The Labute approximate surface area is 174 Å². The van der Waals surface area contributed by atoms with Gasteiger partial charge in [0, 0.05) is 18.8 Å². The van der Waals surface area contributed by atoms with Gasteiger partial charge in [-0.1, -0.05) is 12.1 Å². The van der Waals surface area contributed by atoms with Gasteiger partial charge in [-0.2, -0.15) is 4.31 Å². The normalized spacial score (nSPS) is 17.9. The van der Waals surface area contributed by atoms with E-state index in [1.165, 1.54) is 21.4 Å². The highest BCUT2D eigenvalue weighted by Crippen LogP contribution is 2.35. The molecule has 3 heterocycles. The number of nitrogens with zero attached hydrogens (tertiary/aromatic N) is 5. The van der Waals surface area contributed by atoms with Crippen molar-refractivity contribution in [3.8, 4) is 0 Å². The molecule has 4 rings (SSSR count). The lowest BCUT2D eigenvalue weighted by molar-refractivity contribution is 0.266. The fourth-order valence-electron chi connectivity index (χ4n) is 3.90. The number of aliphatic hydroxyl groups is 1. The lowest BCUT2D eigenvalue weighted by Crippen LogP contribution is -2.36. The molecule has 1 aliphatic heterocycles. The first-order valence-electron chi connectivity index (χ1n) is 10.00. The first-order valence-corrected chi connectivity index (χ1v) is 11.4. The van der Waals surface area contributed by atoms with Crippen LogP contribution >= 0.6 is 0 Å². The first-order chi connectivity index (χ1) is 14.3. The average molecular weight is 432 g/mol. The molecule has 9 nitrogen and oxygen atoms in total. The van der Waals surface area contributed by atoms with Crippen molar-refractivity contribution in [2.75, 3.05) is 13.2 Å². The maximum absolute atomic E-state index is 13.4. The molecule has 0 aliphatic carbocycles. The maximum atomic E-state index is 13.4. The zero-order valence-electron chi connectivity index (χ0n) is 17.0. The summed E-state index contributed by atoms with van der Waals surface area (Å²) >= 11 is 0. The van der Waals surface area contributed by atoms with E-state index in [9.17, 15) is 18.3 Å². The van der Waals surface area contributed by atoms with Gasteiger partial charge in [0.25, 0.3) is 15.6 Å². The largest absolute Gasteiger partial charge is 0.395 e. The van der Waals surface area contributed by atoms with E-state index >= 15 is 0 Å². The van der Waals surface area contributed by atoms with Crippen molar-refractivity contribution in [2.24, 2.45) is 0 Å². The van der Waals surface area contributed by atoms with Gasteiger partial charge in [-0.3, -0.25) is 9.36 Å². The van der Waals surface area contributed by atoms with Gasteiger partial charge in [0.1, 0.15) is 5.82 Å². The number of fused-ring (bicyclic) bond motifs is 1. The van der Waals surface area contributed by atoms with Crippen LogP contribution in [-0.4, -0.2) is 50.1 Å². The molecule has 0 radical (unpaired) electrons. The van der Waals surface area contributed by atoms with E-state index in [4.69, 9.17) is 0 Å². The molecule has 3 aromatic rings. The van der Waals surface area contributed by atoms with E-state index < -0.39 is 16.1 Å². The highest BCUT2D eigenvalue weighted by molar-refractivity contribution is 7.89. The third-order valence-electron chi connectivity index (χ3n) is 5.46.